The second kappa shape index (κ2) is 9.04. The van der Waals surface area contributed by atoms with Crippen molar-refractivity contribution in [3.05, 3.63) is 34.9 Å². The monoisotopic (exact) mass is 311 g/mol. The molecule has 0 spiro atoms. The fourth-order valence-electron chi connectivity index (χ4n) is 1.45. The summed E-state index contributed by atoms with van der Waals surface area (Å²) in [5.74, 6) is -2.89. The molecule has 0 aliphatic rings. The minimum atomic E-state index is -1.90. The smallest absolute Gasteiger partial charge is 0.547 e. The molecule has 1 aromatic carbocycles. The van der Waals surface area contributed by atoms with Gasteiger partial charge in [0.2, 0.25) is 0 Å². The van der Waals surface area contributed by atoms with Gasteiger partial charge in [-0.15, -0.1) is 0 Å². The Morgan fingerprint density at radius 1 is 1.37 bits per heavy atom. The number of hydrogen-bond acceptors (Lipinski definition) is 5. The van der Waals surface area contributed by atoms with E-state index in [1.165, 1.54) is 12.1 Å². The summed E-state index contributed by atoms with van der Waals surface area (Å²) in [6.45, 7) is -0.514. The Labute approximate surface area is 157 Å². The number of benzene rings is 1. The third kappa shape index (κ3) is 5.88. The van der Waals surface area contributed by atoms with Gasteiger partial charge in [-0.3, -0.25) is 10.1 Å². The number of hydrogen-bond donors (Lipinski definition) is 3. The summed E-state index contributed by atoms with van der Waals surface area (Å²) in [6.07, 6.45) is -1.90. The predicted molar refractivity (Wildman–Crippen MR) is 60.8 cm³/mol. The molecule has 0 radical (unpaired) electrons. The van der Waals surface area contributed by atoms with Gasteiger partial charge in [-0.25, -0.2) is 0 Å². The standard InChI is InChI=1S/C11H12ClNO5.K/c12-7-4-2-1-3-6(7)9(10(16)11(17)18)13-5-8(14)15;/h1-4,9-10,13,16H,5H2,(H,14,15)(H,17,18);/q;+1/p-1. The van der Waals surface area contributed by atoms with Crippen molar-refractivity contribution >= 4 is 23.5 Å². The fourth-order valence-corrected chi connectivity index (χ4v) is 1.71. The van der Waals surface area contributed by atoms with Crippen LogP contribution in [0.25, 0.3) is 0 Å². The maximum atomic E-state index is 10.7. The van der Waals surface area contributed by atoms with Crippen LogP contribution in [0.15, 0.2) is 24.3 Å². The first-order valence-electron chi connectivity index (χ1n) is 5.02. The SMILES string of the molecule is O=C(O)CNC(c1ccccc1Cl)C(O)C(=O)[O-].[K+]. The molecule has 0 aromatic heterocycles. The minimum absolute atomic E-state index is 0. The summed E-state index contributed by atoms with van der Waals surface area (Å²) in [5.41, 5.74) is 0.289. The minimum Gasteiger partial charge on any atom is -0.547 e. The molecule has 6 nitrogen and oxygen atoms in total. The maximum Gasteiger partial charge on any atom is 1.00 e. The normalized spacial score (nSPS) is 13.2. The third-order valence-corrected chi connectivity index (χ3v) is 2.61. The van der Waals surface area contributed by atoms with Gasteiger partial charge < -0.3 is 20.1 Å². The number of aliphatic carboxylic acids is 2. The van der Waals surface area contributed by atoms with Crippen LogP contribution in [0, 0.1) is 0 Å². The molecule has 0 aliphatic carbocycles. The summed E-state index contributed by atoms with van der Waals surface area (Å²) >= 11 is 5.87. The molecule has 0 saturated heterocycles. The first-order valence-corrected chi connectivity index (χ1v) is 5.39. The van der Waals surface area contributed by atoms with Crippen LogP contribution in [0.1, 0.15) is 11.6 Å². The fraction of sp³-hybridized carbons (Fsp3) is 0.273. The number of carboxylic acids is 2. The molecule has 2 atom stereocenters. The van der Waals surface area contributed by atoms with Gasteiger partial charge in [0.25, 0.3) is 0 Å². The van der Waals surface area contributed by atoms with Crippen LogP contribution >= 0.6 is 11.6 Å². The number of rotatable bonds is 6. The van der Waals surface area contributed by atoms with Crippen LogP contribution in [0.2, 0.25) is 5.02 Å². The molecule has 1 rings (SSSR count). The average molecular weight is 312 g/mol. The molecule has 0 amide bonds. The van der Waals surface area contributed by atoms with Gasteiger partial charge in [-0.05, 0) is 11.6 Å². The Morgan fingerprint density at radius 3 is 2.42 bits per heavy atom. The summed E-state index contributed by atoms with van der Waals surface area (Å²) in [6, 6.07) is 5.08. The van der Waals surface area contributed by atoms with Gasteiger partial charge in [0.15, 0.2) is 0 Å². The van der Waals surface area contributed by atoms with E-state index in [-0.39, 0.29) is 62.0 Å². The van der Waals surface area contributed by atoms with Crippen LogP contribution in [0.3, 0.4) is 0 Å². The zero-order valence-electron chi connectivity index (χ0n) is 10.2. The number of carboxylic acid groups (broad SMARTS) is 2. The van der Waals surface area contributed by atoms with E-state index < -0.39 is 30.6 Å². The molecule has 3 N–H and O–H groups in total. The zero-order valence-corrected chi connectivity index (χ0v) is 14.0. The van der Waals surface area contributed by atoms with Crippen molar-refractivity contribution in [2.24, 2.45) is 0 Å². The summed E-state index contributed by atoms with van der Waals surface area (Å²) in [4.78, 5) is 21.2. The zero-order chi connectivity index (χ0) is 13.7. The molecule has 0 saturated carbocycles. The molecular formula is C11H11ClKNO5. The molecule has 2 unspecified atom stereocenters. The first kappa shape index (κ1) is 19.0. The van der Waals surface area contributed by atoms with Crippen LogP contribution < -0.4 is 61.8 Å². The molecule has 0 heterocycles. The second-order valence-electron chi connectivity index (χ2n) is 3.54. The van der Waals surface area contributed by atoms with Gasteiger partial charge in [0.05, 0.1) is 18.6 Å². The van der Waals surface area contributed by atoms with E-state index in [0.29, 0.717) is 0 Å². The van der Waals surface area contributed by atoms with E-state index in [1.807, 2.05) is 0 Å². The van der Waals surface area contributed by atoms with E-state index in [9.17, 15) is 19.8 Å². The second-order valence-corrected chi connectivity index (χ2v) is 3.94. The largest absolute Gasteiger partial charge is 1.00 e. The van der Waals surface area contributed by atoms with Crippen molar-refractivity contribution in [2.45, 2.75) is 12.1 Å². The van der Waals surface area contributed by atoms with E-state index in [0.717, 1.165) is 0 Å². The number of carbonyl (C=O) groups is 2. The molecule has 1 aromatic rings. The molecular weight excluding hydrogens is 301 g/mol. The van der Waals surface area contributed by atoms with Crippen molar-refractivity contribution in [1.29, 1.82) is 0 Å². The third-order valence-electron chi connectivity index (χ3n) is 2.27. The molecule has 8 heteroatoms. The molecule has 0 fully saturated rings. The van der Waals surface area contributed by atoms with E-state index in [4.69, 9.17) is 16.7 Å². The van der Waals surface area contributed by atoms with Gasteiger partial charge >= 0.3 is 57.4 Å². The van der Waals surface area contributed by atoms with Gasteiger partial charge in [-0.1, -0.05) is 29.8 Å². The number of aliphatic hydroxyl groups excluding tert-OH is 1. The molecule has 0 bridgehead atoms. The van der Waals surface area contributed by atoms with Gasteiger partial charge in [0.1, 0.15) is 6.10 Å². The Morgan fingerprint density at radius 2 is 1.95 bits per heavy atom. The first-order chi connectivity index (χ1) is 8.43. The van der Waals surface area contributed by atoms with Crippen molar-refractivity contribution in [1.82, 2.24) is 5.32 Å². The van der Waals surface area contributed by atoms with Crippen molar-refractivity contribution in [2.75, 3.05) is 6.54 Å². The molecule has 19 heavy (non-hydrogen) atoms. The molecule has 0 aliphatic heterocycles. The predicted octanol–water partition coefficient (Wildman–Crippen LogP) is -3.83. The van der Waals surface area contributed by atoms with E-state index in [1.54, 1.807) is 12.1 Å². The van der Waals surface area contributed by atoms with Crippen molar-refractivity contribution in [3.8, 4) is 0 Å². The Balaban J connectivity index is 0.00000324. The maximum absolute atomic E-state index is 10.7. The number of carbonyl (C=O) groups excluding carboxylic acids is 1. The number of aliphatic hydroxyl groups is 1. The van der Waals surface area contributed by atoms with Crippen molar-refractivity contribution in [3.63, 3.8) is 0 Å². The Bertz CT molecular complexity index is 456. The Kier molecular flexibility index (Phi) is 9.04. The van der Waals surface area contributed by atoms with E-state index in [2.05, 4.69) is 5.32 Å². The van der Waals surface area contributed by atoms with Crippen molar-refractivity contribution < 1.29 is 76.3 Å². The Hall–Kier alpha value is 0.00636. The summed E-state index contributed by atoms with van der Waals surface area (Å²) in [7, 11) is 0. The quantitative estimate of drug-likeness (QED) is 0.464. The summed E-state index contributed by atoms with van der Waals surface area (Å²) in [5, 5.41) is 31.4. The van der Waals surface area contributed by atoms with Crippen LogP contribution in [0.5, 0.6) is 0 Å². The number of halogens is 1. The van der Waals surface area contributed by atoms with Gasteiger partial charge in [-0.2, -0.15) is 0 Å². The van der Waals surface area contributed by atoms with Crippen LogP contribution in [0.4, 0.5) is 0 Å². The van der Waals surface area contributed by atoms with Crippen LogP contribution in [-0.2, 0) is 9.59 Å². The topological polar surface area (TPSA) is 110 Å². The average Bonchev–Trinajstić information content (AvgIpc) is 2.30. The summed E-state index contributed by atoms with van der Waals surface area (Å²) < 4.78 is 0. The van der Waals surface area contributed by atoms with Crippen LogP contribution in [-0.4, -0.2) is 34.8 Å². The number of nitrogens with one attached hydrogen (secondary N) is 1. The van der Waals surface area contributed by atoms with Gasteiger partial charge in [0, 0.05) is 5.02 Å². The van der Waals surface area contributed by atoms with E-state index >= 15 is 0 Å². The molecule has 98 valence electrons.